The Labute approximate surface area is 158 Å². The van der Waals surface area contributed by atoms with Crippen LogP contribution in [0.25, 0.3) is 6.08 Å². The second-order valence-corrected chi connectivity index (χ2v) is 6.86. The average molecular weight is 369 g/mol. The maximum absolute atomic E-state index is 12.1. The Morgan fingerprint density at radius 2 is 1.81 bits per heavy atom. The molecule has 2 aromatic carbocycles. The van der Waals surface area contributed by atoms with Gasteiger partial charge in [0.2, 0.25) is 5.91 Å². The van der Waals surface area contributed by atoms with Gasteiger partial charge in [-0.15, -0.1) is 0 Å². The Morgan fingerprint density at radius 1 is 1.12 bits per heavy atom. The van der Waals surface area contributed by atoms with Crippen molar-refractivity contribution in [2.24, 2.45) is 0 Å². The maximum Gasteiger partial charge on any atom is 0.251 e. The summed E-state index contributed by atoms with van der Waals surface area (Å²) in [5, 5.41) is 6.47. The molecule has 2 amide bonds. The quantitative estimate of drug-likeness (QED) is 0.753. The Balaban J connectivity index is 1.56. The Morgan fingerprint density at radius 3 is 2.46 bits per heavy atom. The predicted molar refractivity (Wildman–Crippen MR) is 104 cm³/mol. The van der Waals surface area contributed by atoms with Crippen LogP contribution in [0.2, 0.25) is 5.02 Å². The molecule has 1 atom stereocenters. The molecular weight excluding hydrogens is 348 g/mol. The summed E-state index contributed by atoms with van der Waals surface area (Å²) in [4.78, 5) is 24.1. The van der Waals surface area contributed by atoms with Crippen LogP contribution in [-0.2, 0) is 4.79 Å². The average Bonchev–Trinajstić information content (AvgIpc) is 3.44. The second kappa shape index (κ2) is 8.19. The predicted octanol–water partition coefficient (Wildman–Crippen LogP) is 4.12. The van der Waals surface area contributed by atoms with Gasteiger partial charge in [0.05, 0.1) is 6.04 Å². The van der Waals surface area contributed by atoms with E-state index in [4.69, 9.17) is 11.6 Å². The van der Waals surface area contributed by atoms with Gasteiger partial charge in [0.15, 0.2) is 0 Å². The minimum Gasteiger partial charge on any atom is -0.349 e. The minimum absolute atomic E-state index is 0.0469. The third-order valence-electron chi connectivity index (χ3n) is 4.24. The molecule has 0 bridgehead atoms. The van der Waals surface area contributed by atoms with E-state index in [1.54, 1.807) is 24.3 Å². The molecule has 0 spiro atoms. The number of amides is 2. The van der Waals surface area contributed by atoms with Crippen LogP contribution >= 0.6 is 11.6 Å². The third kappa shape index (κ3) is 4.96. The van der Waals surface area contributed by atoms with E-state index in [0.717, 1.165) is 24.0 Å². The first-order valence-electron chi connectivity index (χ1n) is 8.67. The zero-order chi connectivity index (χ0) is 18.5. The number of carbonyl (C=O) groups excluding carboxylic acids is 2. The molecule has 134 valence electrons. The van der Waals surface area contributed by atoms with Crippen molar-refractivity contribution in [3.63, 3.8) is 0 Å². The molecular formula is C21H21ClN2O2. The highest BCUT2D eigenvalue weighted by atomic mass is 35.5. The van der Waals surface area contributed by atoms with Crippen LogP contribution in [0.15, 0.2) is 54.6 Å². The van der Waals surface area contributed by atoms with Gasteiger partial charge in [-0.05, 0) is 55.2 Å². The summed E-state index contributed by atoms with van der Waals surface area (Å²) in [7, 11) is 0. The topological polar surface area (TPSA) is 58.2 Å². The van der Waals surface area contributed by atoms with Crippen molar-refractivity contribution in [3.05, 3.63) is 76.3 Å². The number of halogens is 1. The smallest absolute Gasteiger partial charge is 0.251 e. The zero-order valence-electron chi connectivity index (χ0n) is 14.5. The van der Waals surface area contributed by atoms with E-state index in [1.165, 1.54) is 6.08 Å². The van der Waals surface area contributed by atoms with Crippen molar-refractivity contribution in [2.75, 3.05) is 0 Å². The fourth-order valence-electron chi connectivity index (χ4n) is 2.58. The summed E-state index contributed by atoms with van der Waals surface area (Å²) in [6.45, 7) is 1.89. The fraction of sp³-hybridized carbons (Fsp3) is 0.238. The lowest BCUT2D eigenvalue weighted by Gasteiger charge is -2.14. The molecule has 2 aromatic rings. The van der Waals surface area contributed by atoms with E-state index in [-0.39, 0.29) is 17.9 Å². The molecule has 3 rings (SSSR count). The van der Waals surface area contributed by atoms with Crippen LogP contribution in [-0.4, -0.2) is 17.9 Å². The molecule has 5 heteroatoms. The van der Waals surface area contributed by atoms with E-state index >= 15 is 0 Å². The van der Waals surface area contributed by atoms with Crippen LogP contribution in [0.4, 0.5) is 0 Å². The van der Waals surface area contributed by atoms with Crippen LogP contribution in [0, 0.1) is 0 Å². The van der Waals surface area contributed by atoms with Crippen molar-refractivity contribution in [3.8, 4) is 0 Å². The second-order valence-electron chi connectivity index (χ2n) is 6.45. The van der Waals surface area contributed by atoms with Crippen LogP contribution in [0.3, 0.4) is 0 Å². The molecule has 1 aliphatic rings. The summed E-state index contributed by atoms with van der Waals surface area (Å²) in [5.41, 5.74) is 2.36. The normalized spacial score (nSPS) is 14.8. The molecule has 26 heavy (non-hydrogen) atoms. The number of benzene rings is 2. The number of rotatable bonds is 6. The summed E-state index contributed by atoms with van der Waals surface area (Å²) >= 11 is 6.15. The van der Waals surface area contributed by atoms with Gasteiger partial charge in [0.25, 0.3) is 5.91 Å². The molecule has 0 aromatic heterocycles. The molecule has 0 aliphatic heterocycles. The van der Waals surface area contributed by atoms with Crippen molar-refractivity contribution < 1.29 is 9.59 Å². The van der Waals surface area contributed by atoms with Gasteiger partial charge in [0, 0.05) is 22.7 Å². The van der Waals surface area contributed by atoms with Crippen LogP contribution in [0.1, 0.15) is 47.3 Å². The Kier molecular flexibility index (Phi) is 5.74. The van der Waals surface area contributed by atoms with Crippen molar-refractivity contribution >= 4 is 29.5 Å². The Hall–Kier alpha value is -2.59. The zero-order valence-corrected chi connectivity index (χ0v) is 15.3. The highest BCUT2D eigenvalue weighted by Gasteiger charge is 2.23. The summed E-state index contributed by atoms with van der Waals surface area (Å²) in [5.74, 6) is -0.248. The largest absolute Gasteiger partial charge is 0.349 e. The van der Waals surface area contributed by atoms with E-state index < -0.39 is 0 Å². The highest BCUT2D eigenvalue weighted by Crippen LogP contribution is 2.22. The standard InChI is InChI=1S/C21H21ClN2O2/c1-14(18-4-2-3-5-19(18)22)23-20(25)13-8-15-6-9-16(10-7-15)21(26)24-17-11-12-17/h2-10,13-14,17H,11-12H2,1H3,(H,23,25)(H,24,26)/b13-8+. The summed E-state index contributed by atoms with van der Waals surface area (Å²) in [6, 6.07) is 14.8. The van der Waals surface area contributed by atoms with Crippen molar-refractivity contribution in [1.29, 1.82) is 0 Å². The number of nitrogens with one attached hydrogen (secondary N) is 2. The number of hydrogen-bond acceptors (Lipinski definition) is 2. The molecule has 0 radical (unpaired) electrons. The molecule has 1 saturated carbocycles. The SMILES string of the molecule is CC(NC(=O)/C=C/c1ccc(C(=O)NC2CC2)cc1)c1ccccc1Cl. The highest BCUT2D eigenvalue weighted by molar-refractivity contribution is 6.31. The Bertz CT molecular complexity index is 826. The van der Waals surface area contributed by atoms with Gasteiger partial charge in [-0.25, -0.2) is 0 Å². The monoisotopic (exact) mass is 368 g/mol. The lowest BCUT2D eigenvalue weighted by atomic mass is 10.1. The fourth-order valence-corrected chi connectivity index (χ4v) is 2.88. The molecule has 2 N–H and O–H groups in total. The van der Waals surface area contributed by atoms with Crippen LogP contribution in [0.5, 0.6) is 0 Å². The van der Waals surface area contributed by atoms with Gasteiger partial charge >= 0.3 is 0 Å². The van der Waals surface area contributed by atoms with E-state index in [1.807, 2.05) is 37.3 Å². The van der Waals surface area contributed by atoms with E-state index in [9.17, 15) is 9.59 Å². The van der Waals surface area contributed by atoms with E-state index in [0.29, 0.717) is 16.6 Å². The first kappa shape index (κ1) is 18.2. The molecule has 0 heterocycles. The molecule has 1 fully saturated rings. The summed E-state index contributed by atoms with van der Waals surface area (Å²) in [6.07, 6.45) is 5.33. The maximum atomic E-state index is 12.1. The van der Waals surface area contributed by atoms with Gasteiger partial charge in [-0.1, -0.05) is 41.9 Å². The molecule has 0 saturated heterocycles. The van der Waals surface area contributed by atoms with E-state index in [2.05, 4.69) is 10.6 Å². The number of carbonyl (C=O) groups is 2. The first-order valence-corrected chi connectivity index (χ1v) is 9.04. The molecule has 1 aliphatic carbocycles. The van der Waals surface area contributed by atoms with Crippen molar-refractivity contribution in [2.45, 2.75) is 31.8 Å². The summed E-state index contributed by atoms with van der Waals surface area (Å²) < 4.78 is 0. The third-order valence-corrected chi connectivity index (χ3v) is 4.59. The van der Waals surface area contributed by atoms with Gasteiger partial charge in [-0.3, -0.25) is 9.59 Å². The van der Waals surface area contributed by atoms with Gasteiger partial charge < -0.3 is 10.6 Å². The minimum atomic E-state index is -0.201. The van der Waals surface area contributed by atoms with Gasteiger partial charge in [-0.2, -0.15) is 0 Å². The van der Waals surface area contributed by atoms with Gasteiger partial charge in [0.1, 0.15) is 0 Å². The van der Waals surface area contributed by atoms with Crippen molar-refractivity contribution in [1.82, 2.24) is 10.6 Å². The first-order chi connectivity index (χ1) is 12.5. The molecule has 1 unspecified atom stereocenters. The lowest BCUT2D eigenvalue weighted by molar-refractivity contribution is -0.117. The molecule has 4 nitrogen and oxygen atoms in total. The number of hydrogen-bond donors (Lipinski definition) is 2. The lowest BCUT2D eigenvalue weighted by Crippen LogP contribution is -2.25. The van der Waals surface area contributed by atoms with Crippen LogP contribution < -0.4 is 10.6 Å².